The normalized spacial score (nSPS) is 22.1. The van der Waals surface area contributed by atoms with Crippen LogP contribution in [-0.4, -0.2) is 5.24 Å². The van der Waals surface area contributed by atoms with Crippen molar-refractivity contribution in [1.29, 1.82) is 0 Å². The highest BCUT2D eigenvalue weighted by Gasteiger charge is 2.45. The van der Waals surface area contributed by atoms with E-state index in [-0.39, 0.29) is 10.7 Å². The average Bonchev–Trinajstić information content (AvgIpc) is 2.44. The van der Waals surface area contributed by atoms with Crippen molar-refractivity contribution in [3.8, 4) is 0 Å². The van der Waals surface area contributed by atoms with Gasteiger partial charge in [0.1, 0.15) is 0 Å². The number of allylic oxidation sites excluding steroid dienone is 1. The first-order valence-corrected chi connectivity index (χ1v) is 2.93. The van der Waals surface area contributed by atoms with Crippen molar-refractivity contribution in [2.45, 2.75) is 12.8 Å². The van der Waals surface area contributed by atoms with E-state index in [1.807, 2.05) is 0 Å². The highest BCUT2D eigenvalue weighted by Crippen LogP contribution is 2.48. The summed E-state index contributed by atoms with van der Waals surface area (Å²) in [5, 5.41) is -0.257. The van der Waals surface area contributed by atoms with Gasteiger partial charge in [-0.25, -0.2) is 0 Å². The van der Waals surface area contributed by atoms with E-state index in [0.29, 0.717) is 0 Å². The highest BCUT2D eigenvalue weighted by atomic mass is 35.5. The number of carbonyl (C=O) groups is 1. The fourth-order valence-electron chi connectivity index (χ4n) is 0.616. The molecule has 0 bridgehead atoms. The lowest BCUT2D eigenvalue weighted by molar-refractivity contribution is -0.114. The summed E-state index contributed by atoms with van der Waals surface area (Å²) in [6.45, 7) is 3.51. The molecule has 0 aromatic heterocycles. The molecule has 0 aliphatic heterocycles. The van der Waals surface area contributed by atoms with Crippen molar-refractivity contribution in [1.82, 2.24) is 0 Å². The van der Waals surface area contributed by atoms with E-state index >= 15 is 0 Å². The van der Waals surface area contributed by atoms with Crippen molar-refractivity contribution in [2.24, 2.45) is 5.41 Å². The fourth-order valence-corrected chi connectivity index (χ4v) is 0.882. The zero-order chi connectivity index (χ0) is 6.20. The summed E-state index contributed by atoms with van der Waals surface area (Å²) in [6, 6.07) is 0. The van der Waals surface area contributed by atoms with E-state index in [2.05, 4.69) is 6.58 Å². The molecule has 0 heterocycles. The minimum Gasteiger partial charge on any atom is -0.280 e. The third-order valence-electron chi connectivity index (χ3n) is 1.57. The molecule has 1 rings (SSSR count). The molecule has 44 valence electrons. The first kappa shape index (κ1) is 5.83. The molecule has 0 aromatic carbocycles. The second kappa shape index (κ2) is 1.59. The van der Waals surface area contributed by atoms with E-state index < -0.39 is 0 Å². The summed E-state index contributed by atoms with van der Waals surface area (Å²) < 4.78 is 0. The van der Waals surface area contributed by atoms with Crippen LogP contribution in [0.4, 0.5) is 0 Å². The molecule has 0 radical (unpaired) electrons. The topological polar surface area (TPSA) is 17.1 Å². The summed E-state index contributed by atoms with van der Waals surface area (Å²) in [4.78, 5) is 10.5. The van der Waals surface area contributed by atoms with Crippen LogP contribution in [0.3, 0.4) is 0 Å². The number of hydrogen-bond acceptors (Lipinski definition) is 1. The van der Waals surface area contributed by atoms with Crippen molar-refractivity contribution < 1.29 is 4.79 Å². The molecular formula is C6H7ClO. The minimum absolute atomic E-state index is 0.257. The van der Waals surface area contributed by atoms with Gasteiger partial charge in [-0.3, -0.25) is 4.79 Å². The molecule has 0 spiro atoms. The molecule has 2 heteroatoms. The molecule has 0 saturated heterocycles. The molecule has 1 aliphatic carbocycles. The minimum atomic E-state index is -0.318. The van der Waals surface area contributed by atoms with Crippen LogP contribution in [-0.2, 0) is 4.79 Å². The Bertz CT molecular complexity index is 135. The Hall–Kier alpha value is -0.300. The third kappa shape index (κ3) is 0.671. The summed E-state index contributed by atoms with van der Waals surface area (Å²) in [7, 11) is 0. The number of rotatable bonds is 2. The summed E-state index contributed by atoms with van der Waals surface area (Å²) in [5.74, 6) is 0. The Morgan fingerprint density at radius 1 is 1.75 bits per heavy atom. The lowest BCUT2D eigenvalue weighted by atomic mass is 10.1. The predicted molar refractivity (Wildman–Crippen MR) is 32.7 cm³/mol. The van der Waals surface area contributed by atoms with E-state index in [9.17, 15) is 4.79 Å². The second-order valence-electron chi connectivity index (χ2n) is 2.13. The molecule has 8 heavy (non-hydrogen) atoms. The van der Waals surface area contributed by atoms with Gasteiger partial charge in [0.25, 0.3) is 0 Å². The van der Waals surface area contributed by atoms with Crippen LogP contribution in [0.5, 0.6) is 0 Å². The van der Waals surface area contributed by atoms with Gasteiger partial charge in [-0.05, 0) is 24.4 Å². The molecule has 1 nitrogen and oxygen atoms in total. The Balaban J connectivity index is 2.66. The van der Waals surface area contributed by atoms with Gasteiger partial charge in [-0.2, -0.15) is 0 Å². The SMILES string of the molecule is C=CC1(C(=O)Cl)CC1. The monoisotopic (exact) mass is 130 g/mol. The van der Waals surface area contributed by atoms with E-state index in [1.54, 1.807) is 6.08 Å². The molecular weight excluding hydrogens is 124 g/mol. The van der Waals surface area contributed by atoms with Crippen molar-refractivity contribution in [3.63, 3.8) is 0 Å². The molecule has 1 saturated carbocycles. The Morgan fingerprint density at radius 3 is 2.25 bits per heavy atom. The van der Waals surface area contributed by atoms with E-state index in [1.165, 1.54) is 0 Å². The number of hydrogen-bond donors (Lipinski definition) is 0. The largest absolute Gasteiger partial charge is 0.280 e. The van der Waals surface area contributed by atoms with E-state index in [4.69, 9.17) is 11.6 Å². The molecule has 1 fully saturated rings. The maximum absolute atomic E-state index is 10.5. The fraction of sp³-hybridized carbons (Fsp3) is 0.500. The van der Waals surface area contributed by atoms with Crippen LogP contribution < -0.4 is 0 Å². The second-order valence-corrected chi connectivity index (χ2v) is 2.48. The zero-order valence-electron chi connectivity index (χ0n) is 4.48. The van der Waals surface area contributed by atoms with Gasteiger partial charge in [0, 0.05) is 0 Å². The quantitative estimate of drug-likeness (QED) is 0.411. The Labute approximate surface area is 53.3 Å². The van der Waals surface area contributed by atoms with Crippen LogP contribution in [0.2, 0.25) is 0 Å². The van der Waals surface area contributed by atoms with Crippen LogP contribution in [0, 0.1) is 5.41 Å². The first-order chi connectivity index (χ1) is 3.71. The number of carbonyl (C=O) groups excluding carboxylic acids is 1. The van der Waals surface area contributed by atoms with E-state index in [0.717, 1.165) is 12.8 Å². The third-order valence-corrected chi connectivity index (χ3v) is 1.95. The average molecular weight is 131 g/mol. The maximum atomic E-state index is 10.5. The summed E-state index contributed by atoms with van der Waals surface area (Å²) >= 11 is 5.22. The highest BCUT2D eigenvalue weighted by molar-refractivity contribution is 6.65. The summed E-state index contributed by atoms with van der Waals surface area (Å²) in [6.07, 6.45) is 3.42. The van der Waals surface area contributed by atoms with Gasteiger partial charge in [-0.15, -0.1) is 6.58 Å². The van der Waals surface area contributed by atoms with Gasteiger partial charge in [0.15, 0.2) is 0 Å². The molecule has 0 aromatic rings. The van der Waals surface area contributed by atoms with Crippen LogP contribution in [0.1, 0.15) is 12.8 Å². The molecule has 0 amide bonds. The number of halogens is 1. The predicted octanol–water partition coefficient (Wildman–Crippen LogP) is 1.72. The van der Waals surface area contributed by atoms with Gasteiger partial charge in [0.05, 0.1) is 5.41 Å². The zero-order valence-corrected chi connectivity index (χ0v) is 5.24. The van der Waals surface area contributed by atoms with Crippen molar-refractivity contribution in [2.75, 3.05) is 0 Å². The maximum Gasteiger partial charge on any atom is 0.231 e. The van der Waals surface area contributed by atoms with Crippen LogP contribution in [0.15, 0.2) is 12.7 Å². The Morgan fingerprint density at radius 2 is 2.25 bits per heavy atom. The molecule has 0 N–H and O–H groups in total. The van der Waals surface area contributed by atoms with Gasteiger partial charge >= 0.3 is 0 Å². The molecule has 0 atom stereocenters. The van der Waals surface area contributed by atoms with Gasteiger partial charge < -0.3 is 0 Å². The lowest BCUT2D eigenvalue weighted by Gasteiger charge is -1.96. The van der Waals surface area contributed by atoms with Gasteiger partial charge in [-0.1, -0.05) is 6.08 Å². The Kier molecular flexibility index (Phi) is 1.16. The van der Waals surface area contributed by atoms with Gasteiger partial charge in [0.2, 0.25) is 5.24 Å². The summed E-state index contributed by atoms with van der Waals surface area (Å²) in [5.41, 5.74) is -0.318. The van der Waals surface area contributed by atoms with Crippen molar-refractivity contribution >= 4 is 16.8 Å². The van der Waals surface area contributed by atoms with Crippen molar-refractivity contribution in [3.05, 3.63) is 12.7 Å². The molecule has 0 unspecified atom stereocenters. The first-order valence-electron chi connectivity index (χ1n) is 2.55. The standard InChI is InChI=1S/C6H7ClO/c1-2-6(3-4-6)5(7)8/h2H,1,3-4H2. The lowest BCUT2D eigenvalue weighted by Crippen LogP contribution is -2.03. The van der Waals surface area contributed by atoms with Crippen LogP contribution in [0.25, 0.3) is 0 Å². The van der Waals surface area contributed by atoms with Crippen LogP contribution >= 0.6 is 11.6 Å². The smallest absolute Gasteiger partial charge is 0.231 e. The molecule has 1 aliphatic rings.